The van der Waals surface area contributed by atoms with Crippen LogP contribution in [0, 0.1) is 0 Å². The second-order valence-corrected chi connectivity index (χ2v) is 6.52. The standard InChI is InChI=1S/C21H25N3/c1-16(2)18-11-9-17(10-12-18)15-23-20(19-7-5-4-6-8-19)21-22-13-14-24(21)3/h4-14,16,20,23H,15H2,1-3H3/t20-/m0/s1. The predicted molar refractivity (Wildman–Crippen MR) is 98.9 cm³/mol. The molecule has 0 saturated carbocycles. The van der Waals surface area contributed by atoms with E-state index in [4.69, 9.17) is 0 Å². The van der Waals surface area contributed by atoms with Gasteiger partial charge in [-0.25, -0.2) is 4.98 Å². The first-order valence-electron chi connectivity index (χ1n) is 8.49. The van der Waals surface area contributed by atoms with Crippen molar-refractivity contribution >= 4 is 0 Å². The Bertz CT molecular complexity index is 757. The zero-order chi connectivity index (χ0) is 16.9. The van der Waals surface area contributed by atoms with Gasteiger partial charge in [0.15, 0.2) is 0 Å². The first-order chi connectivity index (χ1) is 11.6. The van der Waals surface area contributed by atoms with Crippen LogP contribution in [-0.4, -0.2) is 9.55 Å². The van der Waals surface area contributed by atoms with E-state index in [1.807, 2.05) is 25.5 Å². The SMILES string of the molecule is CC(C)c1ccc(CN[C@@H](c2ccccc2)c2nccn2C)cc1. The molecule has 124 valence electrons. The number of nitrogens with zero attached hydrogens (tertiary/aromatic N) is 2. The average molecular weight is 319 g/mol. The van der Waals surface area contributed by atoms with E-state index >= 15 is 0 Å². The summed E-state index contributed by atoms with van der Waals surface area (Å²) in [5.74, 6) is 1.59. The Morgan fingerprint density at radius 1 is 0.958 bits per heavy atom. The van der Waals surface area contributed by atoms with Crippen molar-refractivity contribution < 1.29 is 0 Å². The van der Waals surface area contributed by atoms with Gasteiger partial charge in [0.1, 0.15) is 5.82 Å². The molecule has 0 bridgehead atoms. The maximum atomic E-state index is 4.54. The molecule has 3 aromatic rings. The first kappa shape index (κ1) is 16.5. The van der Waals surface area contributed by atoms with Gasteiger partial charge in [0, 0.05) is 26.0 Å². The Morgan fingerprint density at radius 3 is 2.25 bits per heavy atom. The molecule has 0 saturated heterocycles. The average Bonchev–Trinajstić information content (AvgIpc) is 3.02. The fraction of sp³-hybridized carbons (Fsp3) is 0.286. The van der Waals surface area contributed by atoms with Crippen molar-refractivity contribution in [3.63, 3.8) is 0 Å². The van der Waals surface area contributed by atoms with Crippen LogP contribution < -0.4 is 5.32 Å². The molecule has 0 aliphatic carbocycles. The van der Waals surface area contributed by atoms with Crippen molar-refractivity contribution in [3.05, 3.63) is 89.5 Å². The molecular formula is C21H25N3. The summed E-state index contributed by atoms with van der Waals surface area (Å²) in [5.41, 5.74) is 3.89. The number of hydrogen-bond acceptors (Lipinski definition) is 2. The Hall–Kier alpha value is -2.39. The molecule has 3 heteroatoms. The predicted octanol–water partition coefficient (Wildman–Crippen LogP) is 4.42. The van der Waals surface area contributed by atoms with Crippen LogP contribution >= 0.6 is 0 Å². The summed E-state index contributed by atoms with van der Waals surface area (Å²) in [5, 5.41) is 3.66. The van der Waals surface area contributed by atoms with Gasteiger partial charge in [-0.05, 0) is 22.6 Å². The van der Waals surface area contributed by atoms with Gasteiger partial charge in [-0.1, -0.05) is 68.4 Å². The van der Waals surface area contributed by atoms with Gasteiger partial charge in [-0.15, -0.1) is 0 Å². The number of nitrogens with one attached hydrogen (secondary N) is 1. The summed E-state index contributed by atoms with van der Waals surface area (Å²) in [6.45, 7) is 5.25. The molecule has 0 fully saturated rings. The highest BCUT2D eigenvalue weighted by Gasteiger charge is 2.17. The lowest BCUT2D eigenvalue weighted by molar-refractivity contribution is 0.558. The molecule has 1 heterocycles. The summed E-state index contributed by atoms with van der Waals surface area (Å²) >= 11 is 0. The second-order valence-electron chi connectivity index (χ2n) is 6.52. The number of aromatic nitrogens is 2. The first-order valence-corrected chi connectivity index (χ1v) is 8.49. The number of aryl methyl sites for hydroxylation is 1. The van der Waals surface area contributed by atoms with Crippen LogP contribution in [0.15, 0.2) is 67.0 Å². The number of benzene rings is 2. The van der Waals surface area contributed by atoms with Crippen LogP contribution in [0.4, 0.5) is 0 Å². The Balaban J connectivity index is 1.79. The van der Waals surface area contributed by atoms with Crippen LogP contribution in [0.3, 0.4) is 0 Å². The highest BCUT2D eigenvalue weighted by molar-refractivity contribution is 5.27. The van der Waals surface area contributed by atoms with Crippen LogP contribution in [0.1, 0.15) is 48.3 Å². The largest absolute Gasteiger partial charge is 0.336 e. The van der Waals surface area contributed by atoms with E-state index in [0.717, 1.165) is 12.4 Å². The number of rotatable bonds is 6. The highest BCUT2D eigenvalue weighted by atomic mass is 15.1. The lowest BCUT2D eigenvalue weighted by Gasteiger charge is -2.19. The summed E-state index contributed by atoms with van der Waals surface area (Å²) in [6, 6.07) is 19.4. The third kappa shape index (κ3) is 3.74. The fourth-order valence-corrected chi connectivity index (χ4v) is 2.90. The van der Waals surface area contributed by atoms with Crippen LogP contribution in [-0.2, 0) is 13.6 Å². The van der Waals surface area contributed by atoms with Crippen molar-refractivity contribution in [1.29, 1.82) is 0 Å². The maximum Gasteiger partial charge on any atom is 0.130 e. The van der Waals surface area contributed by atoms with E-state index in [2.05, 4.69) is 77.2 Å². The Morgan fingerprint density at radius 2 is 1.67 bits per heavy atom. The fourth-order valence-electron chi connectivity index (χ4n) is 2.90. The second kappa shape index (κ2) is 7.45. The van der Waals surface area contributed by atoms with E-state index in [-0.39, 0.29) is 6.04 Å². The minimum atomic E-state index is 0.0796. The summed E-state index contributed by atoms with van der Waals surface area (Å²) < 4.78 is 2.08. The van der Waals surface area contributed by atoms with Gasteiger partial charge in [-0.3, -0.25) is 5.32 Å². The van der Waals surface area contributed by atoms with E-state index in [9.17, 15) is 0 Å². The van der Waals surface area contributed by atoms with E-state index in [1.54, 1.807) is 0 Å². The van der Waals surface area contributed by atoms with Gasteiger partial charge in [-0.2, -0.15) is 0 Å². The molecule has 0 radical (unpaired) electrons. The number of imidazole rings is 1. The molecule has 0 unspecified atom stereocenters. The van der Waals surface area contributed by atoms with E-state index in [0.29, 0.717) is 5.92 Å². The molecule has 24 heavy (non-hydrogen) atoms. The van der Waals surface area contributed by atoms with Gasteiger partial charge >= 0.3 is 0 Å². The molecule has 0 spiro atoms. The topological polar surface area (TPSA) is 29.9 Å². The molecule has 3 rings (SSSR count). The van der Waals surface area contributed by atoms with Crippen LogP contribution in [0.5, 0.6) is 0 Å². The lowest BCUT2D eigenvalue weighted by atomic mass is 10.0. The third-order valence-corrected chi connectivity index (χ3v) is 4.41. The zero-order valence-corrected chi connectivity index (χ0v) is 14.6. The summed E-state index contributed by atoms with van der Waals surface area (Å²) in [6.07, 6.45) is 3.84. The van der Waals surface area contributed by atoms with Gasteiger partial charge in [0.05, 0.1) is 6.04 Å². The molecular weight excluding hydrogens is 294 g/mol. The van der Waals surface area contributed by atoms with Gasteiger partial charge in [0.25, 0.3) is 0 Å². The van der Waals surface area contributed by atoms with Crippen molar-refractivity contribution in [2.45, 2.75) is 32.4 Å². The Kier molecular flexibility index (Phi) is 5.11. The molecule has 2 aromatic carbocycles. The summed E-state index contributed by atoms with van der Waals surface area (Å²) in [7, 11) is 2.04. The molecule has 0 amide bonds. The molecule has 3 nitrogen and oxygen atoms in total. The van der Waals surface area contributed by atoms with Crippen molar-refractivity contribution in [2.75, 3.05) is 0 Å². The van der Waals surface area contributed by atoms with E-state index < -0.39 is 0 Å². The maximum absolute atomic E-state index is 4.54. The van der Waals surface area contributed by atoms with Gasteiger partial charge in [0.2, 0.25) is 0 Å². The van der Waals surface area contributed by atoms with Crippen LogP contribution in [0.2, 0.25) is 0 Å². The molecule has 1 N–H and O–H groups in total. The minimum absolute atomic E-state index is 0.0796. The highest BCUT2D eigenvalue weighted by Crippen LogP contribution is 2.21. The lowest BCUT2D eigenvalue weighted by Crippen LogP contribution is -2.24. The minimum Gasteiger partial charge on any atom is -0.336 e. The van der Waals surface area contributed by atoms with Gasteiger partial charge < -0.3 is 4.57 Å². The monoisotopic (exact) mass is 319 g/mol. The molecule has 0 aliphatic heterocycles. The quantitative estimate of drug-likeness (QED) is 0.729. The normalized spacial score (nSPS) is 12.5. The molecule has 1 atom stereocenters. The summed E-state index contributed by atoms with van der Waals surface area (Å²) in [4.78, 5) is 4.54. The van der Waals surface area contributed by atoms with E-state index in [1.165, 1.54) is 16.7 Å². The molecule has 0 aliphatic rings. The van der Waals surface area contributed by atoms with Crippen molar-refractivity contribution in [3.8, 4) is 0 Å². The third-order valence-electron chi connectivity index (χ3n) is 4.41. The molecule has 1 aromatic heterocycles. The van der Waals surface area contributed by atoms with Crippen LogP contribution in [0.25, 0.3) is 0 Å². The van der Waals surface area contributed by atoms with Crippen molar-refractivity contribution in [2.24, 2.45) is 7.05 Å². The smallest absolute Gasteiger partial charge is 0.130 e. The van der Waals surface area contributed by atoms with Crippen molar-refractivity contribution in [1.82, 2.24) is 14.9 Å². The Labute approximate surface area is 144 Å². The zero-order valence-electron chi connectivity index (χ0n) is 14.6. The number of hydrogen-bond donors (Lipinski definition) is 1.